The van der Waals surface area contributed by atoms with Crippen LogP contribution in [0.15, 0.2) is 18.2 Å². The van der Waals surface area contributed by atoms with Crippen molar-refractivity contribution in [2.24, 2.45) is 5.73 Å². The van der Waals surface area contributed by atoms with Crippen molar-refractivity contribution in [3.63, 3.8) is 0 Å². The van der Waals surface area contributed by atoms with E-state index in [0.29, 0.717) is 0 Å². The Labute approximate surface area is 117 Å². The quantitative estimate of drug-likeness (QED) is 0.784. The second-order valence-corrected chi connectivity index (χ2v) is 5.15. The zero-order valence-corrected chi connectivity index (χ0v) is 12.8. The largest absolute Gasteiger partial charge is 0.496 e. The van der Waals surface area contributed by atoms with Crippen molar-refractivity contribution in [2.75, 3.05) is 26.7 Å². The van der Waals surface area contributed by atoms with Gasteiger partial charge in [-0.25, -0.2) is 0 Å². The number of methoxy groups -OCH3 is 1. The average Bonchev–Trinajstić information content (AvgIpc) is 2.39. The van der Waals surface area contributed by atoms with E-state index in [1.165, 1.54) is 5.56 Å². The van der Waals surface area contributed by atoms with Crippen LogP contribution in [0.1, 0.15) is 43.9 Å². The number of ether oxygens (including phenoxy) is 1. The van der Waals surface area contributed by atoms with Gasteiger partial charge in [0.05, 0.1) is 7.11 Å². The van der Waals surface area contributed by atoms with Crippen molar-refractivity contribution in [3.05, 3.63) is 29.3 Å². The second kappa shape index (κ2) is 8.18. The molecule has 0 aromatic heterocycles. The molecule has 1 rings (SSSR count). The van der Waals surface area contributed by atoms with Crippen LogP contribution in [0.2, 0.25) is 0 Å². The molecule has 1 unspecified atom stereocenters. The summed E-state index contributed by atoms with van der Waals surface area (Å²) in [6.45, 7) is 9.61. The third kappa shape index (κ3) is 4.84. The van der Waals surface area contributed by atoms with Gasteiger partial charge in [0.25, 0.3) is 0 Å². The van der Waals surface area contributed by atoms with E-state index in [0.717, 1.165) is 43.8 Å². The van der Waals surface area contributed by atoms with Gasteiger partial charge in [0.2, 0.25) is 0 Å². The highest BCUT2D eigenvalue weighted by atomic mass is 16.5. The van der Waals surface area contributed by atoms with Crippen molar-refractivity contribution in [3.8, 4) is 5.75 Å². The molecule has 3 nitrogen and oxygen atoms in total. The Morgan fingerprint density at radius 1 is 1.21 bits per heavy atom. The maximum absolute atomic E-state index is 6.38. The molecule has 0 saturated carbocycles. The molecule has 1 aromatic rings. The number of hydrogen-bond acceptors (Lipinski definition) is 3. The smallest absolute Gasteiger partial charge is 0.123 e. The van der Waals surface area contributed by atoms with Crippen LogP contribution in [0.5, 0.6) is 5.75 Å². The van der Waals surface area contributed by atoms with E-state index in [1.807, 2.05) is 6.07 Å². The first-order chi connectivity index (χ1) is 9.12. The molecule has 3 heteroatoms. The normalized spacial score (nSPS) is 12.7. The standard InChI is InChI=1S/C16H28N2O/c1-5-9-18(10-6-2)12-15(17)14-11-13(3)7-8-16(14)19-4/h7-8,11,15H,5-6,9-10,12,17H2,1-4H3. The van der Waals surface area contributed by atoms with Gasteiger partial charge < -0.3 is 15.4 Å². The minimum atomic E-state index is 0.00736. The number of hydrogen-bond donors (Lipinski definition) is 1. The van der Waals surface area contributed by atoms with Gasteiger partial charge in [0.1, 0.15) is 5.75 Å². The Morgan fingerprint density at radius 2 is 1.84 bits per heavy atom. The minimum Gasteiger partial charge on any atom is -0.496 e. The summed E-state index contributed by atoms with van der Waals surface area (Å²) in [7, 11) is 1.71. The summed E-state index contributed by atoms with van der Waals surface area (Å²) in [4.78, 5) is 2.44. The molecule has 0 aliphatic carbocycles. The zero-order chi connectivity index (χ0) is 14.3. The predicted octanol–water partition coefficient (Wildman–Crippen LogP) is 3.13. The Kier molecular flexibility index (Phi) is 6.89. The number of rotatable bonds is 8. The van der Waals surface area contributed by atoms with Gasteiger partial charge in [-0.3, -0.25) is 0 Å². The monoisotopic (exact) mass is 264 g/mol. The molecule has 0 spiro atoms. The van der Waals surface area contributed by atoms with Gasteiger partial charge >= 0.3 is 0 Å². The van der Waals surface area contributed by atoms with Crippen molar-refractivity contribution in [2.45, 2.75) is 39.7 Å². The van der Waals surface area contributed by atoms with Crippen LogP contribution in [0.25, 0.3) is 0 Å². The molecule has 108 valence electrons. The lowest BCUT2D eigenvalue weighted by Crippen LogP contribution is -2.33. The van der Waals surface area contributed by atoms with Gasteiger partial charge in [-0.2, -0.15) is 0 Å². The van der Waals surface area contributed by atoms with E-state index >= 15 is 0 Å². The van der Waals surface area contributed by atoms with Crippen LogP contribution in [0.3, 0.4) is 0 Å². The fourth-order valence-electron chi connectivity index (χ4n) is 2.45. The summed E-state index contributed by atoms with van der Waals surface area (Å²) in [6.07, 6.45) is 2.33. The molecule has 0 aliphatic rings. The lowest BCUT2D eigenvalue weighted by molar-refractivity contribution is 0.256. The highest BCUT2D eigenvalue weighted by molar-refractivity contribution is 5.39. The van der Waals surface area contributed by atoms with Crippen LogP contribution >= 0.6 is 0 Å². The highest BCUT2D eigenvalue weighted by Crippen LogP contribution is 2.25. The average molecular weight is 264 g/mol. The number of nitrogens with two attached hydrogens (primary N) is 1. The Morgan fingerprint density at radius 3 is 2.37 bits per heavy atom. The van der Waals surface area contributed by atoms with E-state index in [-0.39, 0.29) is 6.04 Å². The number of benzene rings is 1. The van der Waals surface area contributed by atoms with E-state index < -0.39 is 0 Å². The lowest BCUT2D eigenvalue weighted by Gasteiger charge is -2.26. The van der Waals surface area contributed by atoms with Gasteiger partial charge in [0.15, 0.2) is 0 Å². The van der Waals surface area contributed by atoms with E-state index in [4.69, 9.17) is 10.5 Å². The van der Waals surface area contributed by atoms with Gasteiger partial charge in [0, 0.05) is 18.2 Å². The summed E-state index contributed by atoms with van der Waals surface area (Å²) in [5.74, 6) is 0.894. The zero-order valence-electron chi connectivity index (χ0n) is 12.8. The van der Waals surface area contributed by atoms with Crippen LogP contribution < -0.4 is 10.5 Å². The molecule has 0 heterocycles. The molecule has 1 aromatic carbocycles. The molecule has 0 amide bonds. The van der Waals surface area contributed by atoms with Crippen molar-refractivity contribution in [1.29, 1.82) is 0 Å². The first-order valence-electron chi connectivity index (χ1n) is 7.24. The topological polar surface area (TPSA) is 38.5 Å². The third-order valence-corrected chi connectivity index (χ3v) is 3.32. The van der Waals surface area contributed by atoms with Gasteiger partial charge in [-0.05, 0) is 38.9 Å². The third-order valence-electron chi connectivity index (χ3n) is 3.32. The molecule has 1 atom stereocenters. The maximum Gasteiger partial charge on any atom is 0.123 e. The van der Waals surface area contributed by atoms with Crippen LogP contribution in [-0.4, -0.2) is 31.6 Å². The van der Waals surface area contributed by atoms with E-state index in [1.54, 1.807) is 7.11 Å². The van der Waals surface area contributed by atoms with Crippen molar-refractivity contribution in [1.82, 2.24) is 4.90 Å². The molecule has 0 bridgehead atoms. The molecular weight excluding hydrogens is 236 g/mol. The summed E-state index contributed by atoms with van der Waals surface area (Å²) in [5, 5.41) is 0. The van der Waals surface area contributed by atoms with Gasteiger partial charge in [-0.15, -0.1) is 0 Å². The number of aryl methyl sites for hydroxylation is 1. The molecule has 2 N–H and O–H groups in total. The Balaban J connectivity index is 2.80. The molecule has 0 aliphatic heterocycles. The van der Waals surface area contributed by atoms with Crippen LogP contribution in [-0.2, 0) is 0 Å². The highest BCUT2D eigenvalue weighted by Gasteiger charge is 2.15. The molecule has 0 saturated heterocycles. The van der Waals surface area contributed by atoms with Crippen molar-refractivity contribution < 1.29 is 4.74 Å². The summed E-state index contributed by atoms with van der Waals surface area (Å²) in [6, 6.07) is 6.21. The first kappa shape index (κ1) is 16.0. The molecule has 0 radical (unpaired) electrons. The Bertz CT molecular complexity index is 373. The second-order valence-electron chi connectivity index (χ2n) is 5.15. The van der Waals surface area contributed by atoms with E-state index in [9.17, 15) is 0 Å². The summed E-state index contributed by atoms with van der Waals surface area (Å²) in [5.41, 5.74) is 8.72. The molecule has 19 heavy (non-hydrogen) atoms. The Hall–Kier alpha value is -1.06. The molecule has 0 fully saturated rings. The summed E-state index contributed by atoms with van der Waals surface area (Å²) < 4.78 is 5.42. The van der Waals surface area contributed by atoms with Gasteiger partial charge in [-0.1, -0.05) is 31.5 Å². The summed E-state index contributed by atoms with van der Waals surface area (Å²) >= 11 is 0. The van der Waals surface area contributed by atoms with Crippen molar-refractivity contribution >= 4 is 0 Å². The fourth-order valence-corrected chi connectivity index (χ4v) is 2.45. The number of nitrogens with zero attached hydrogens (tertiary/aromatic N) is 1. The minimum absolute atomic E-state index is 0.00736. The first-order valence-corrected chi connectivity index (χ1v) is 7.24. The SMILES string of the molecule is CCCN(CCC)CC(N)c1cc(C)ccc1OC. The fraction of sp³-hybridized carbons (Fsp3) is 0.625. The lowest BCUT2D eigenvalue weighted by atomic mass is 10.0. The predicted molar refractivity (Wildman–Crippen MR) is 81.7 cm³/mol. The maximum atomic E-state index is 6.38. The van der Waals surface area contributed by atoms with E-state index in [2.05, 4.69) is 37.8 Å². The molecular formula is C16H28N2O. The van der Waals surface area contributed by atoms with Crippen LogP contribution in [0, 0.1) is 6.92 Å². The van der Waals surface area contributed by atoms with Crippen LogP contribution in [0.4, 0.5) is 0 Å².